The zero-order valence-corrected chi connectivity index (χ0v) is 10.7. The number of hydrogen-bond donors (Lipinski definition) is 1. The Kier molecular flexibility index (Phi) is 4.42. The summed E-state index contributed by atoms with van der Waals surface area (Å²) in [5.74, 6) is 0.555. The highest BCUT2D eigenvalue weighted by atomic mass is 16.6. The molecule has 1 saturated carbocycles. The molecule has 1 heterocycles. The van der Waals surface area contributed by atoms with Crippen LogP contribution in [0.5, 0.6) is 6.08 Å². The second-order valence-electron chi connectivity index (χ2n) is 4.96. The van der Waals surface area contributed by atoms with E-state index in [1.54, 1.807) is 6.26 Å². The van der Waals surface area contributed by atoms with Crippen molar-refractivity contribution in [3.8, 4) is 6.08 Å². The first-order valence-corrected chi connectivity index (χ1v) is 6.58. The molecule has 0 saturated heterocycles. The third-order valence-corrected chi connectivity index (χ3v) is 2.95. The summed E-state index contributed by atoms with van der Waals surface area (Å²) in [5, 5.41) is 3.39. The van der Waals surface area contributed by atoms with Crippen molar-refractivity contribution in [2.24, 2.45) is 5.92 Å². The minimum atomic E-state index is 0.403. The second kappa shape index (κ2) is 6.05. The molecule has 1 N–H and O–H groups in total. The smallest absolute Gasteiger partial charge is 0.393 e. The minimum Gasteiger partial charge on any atom is -0.450 e. The molecule has 0 radical (unpaired) electrons. The number of aromatic nitrogens is 1. The quantitative estimate of drug-likeness (QED) is 0.756. The monoisotopic (exact) mass is 238 g/mol. The van der Waals surface area contributed by atoms with Gasteiger partial charge in [-0.1, -0.05) is 20.3 Å². The van der Waals surface area contributed by atoms with Crippen molar-refractivity contribution in [3.05, 3.63) is 12.0 Å². The van der Waals surface area contributed by atoms with E-state index in [2.05, 4.69) is 24.1 Å². The van der Waals surface area contributed by atoms with E-state index in [1.807, 2.05) is 0 Å². The molecule has 1 aliphatic rings. The maximum Gasteiger partial charge on any atom is 0.393 e. The third kappa shape index (κ3) is 4.38. The van der Waals surface area contributed by atoms with Crippen LogP contribution in [-0.2, 0) is 6.54 Å². The lowest BCUT2D eigenvalue weighted by Gasteiger charge is -2.08. The summed E-state index contributed by atoms with van der Waals surface area (Å²) in [6.07, 6.45) is 7.02. The zero-order chi connectivity index (χ0) is 12.1. The Morgan fingerprint density at radius 1 is 1.59 bits per heavy atom. The summed E-state index contributed by atoms with van der Waals surface area (Å²) in [5.41, 5.74) is 0.926. The highest BCUT2D eigenvalue weighted by Crippen LogP contribution is 2.20. The summed E-state index contributed by atoms with van der Waals surface area (Å²) in [7, 11) is 0. The largest absolute Gasteiger partial charge is 0.450 e. The lowest BCUT2D eigenvalue weighted by atomic mass is 10.1. The van der Waals surface area contributed by atoms with E-state index in [-0.39, 0.29) is 0 Å². The Morgan fingerprint density at radius 3 is 3.12 bits per heavy atom. The average Bonchev–Trinajstić information content (AvgIpc) is 3.03. The van der Waals surface area contributed by atoms with Crippen molar-refractivity contribution in [2.75, 3.05) is 6.61 Å². The van der Waals surface area contributed by atoms with Gasteiger partial charge in [-0.05, 0) is 25.2 Å². The lowest BCUT2D eigenvalue weighted by molar-refractivity contribution is 0.190. The Hall–Kier alpha value is -1.03. The molecular formula is C13H22N2O2. The van der Waals surface area contributed by atoms with Crippen LogP contribution in [0, 0.1) is 5.92 Å². The van der Waals surface area contributed by atoms with Gasteiger partial charge in [0.1, 0.15) is 6.26 Å². The van der Waals surface area contributed by atoms with Crippen LogP contribution in [0.3, 0.4) is 0 Å². The van der Waals surface area contributed by atoms with Gasteiger partial charge in [-0.15, -0.1) is 0 Å². The van der Waals surface area contributed by atoms with Gasteiger partial charge in [0, 0.05) is 12.6 Å². The average molecular weight is 238 g/mol. The Labute approximate surface area is 103 Å². The predicted molar refractivity (Wildman–Crippen MR) is 65.9 cm³/mol. The fraction of sp³-hybridized carbons (Fsp3) is 0.769. The van der Waals surface area contributed by atoms with Gasteiger partial charge in [0.25, 0.3) is 0 Å². The molecule has 1 atom stereocenters. The van der Waals surface area contributed by atoms with Crippen LogP contribution in [0.25, 0.3) is 0 Å². The molecule has 2 rings (SSSR count). The molecule has 1 fully saturated rings. The molecule has 4 heteroatoms. The Morgan fingerprint density at radius 2 is 2.41 bits per heavy atom. The van der Waals surface area contributed by atoms with E-state index in [4.69, 9.17) is 9.15 Å². The highest BCUT2D eigenvalue weighted by molar-refractivity contribution is 5.00. The zero-order valence-electron chi connectivity index (χ0n) is 10.7. The molecule has 0 amide bonds. The van der Waals surface area contributed by atoms with Gasteiger partial charge < -0.3 is 14.5 Å². The van der Waals surface area contributed by atoms with Gasteiger partial charge in [0.05, 0.1) is 12.3 Å². The Bertz CT molecular complexity index is 334. The first-order chi connectivity index (χ1) is 8.28. The number of hydrogen-bond acceptors (Lipinski definition) is 4. The van der Waals surface area contributed by atoms with Gasteiger partial charge in [-0.3, -0.25) is 0 Å². The highest BCUT2D eigenvalue weighted by Gasteiger charge is 2.20. The molecule has 0 spiro atoms. The maximum absolute atomic E-state index is 5.52. The van der Waals surface area contributed by atoms with Crippen LogP contribution in [0.15, 0.2) is 10.7 Å². The second-order valence-corrected chi connectivity index (χ2v) is 4.96. The van der Waals surface area contributed by atoms with Crippen molar-refractivity contribution in [1.82, 2.24) is 10.3 Å². The van der Waals surface area contributed by atoms with E-state index < -0.39 is 0 Å². The molecule has 0 aliphatic heterocycles. The van der Waals surface area contributed by atoms with Gasteiger partial charge in [0.2, 0.25) is 0 Å². The number of rotatable bonds is 8. The van der Waals surface area contributed by atoms with Crippen LogP contribution in [0.1, 0.15) is 45.2 Å². The van der Waals surface area contributed by atoms with E-state index in [1.165, 1.54) is 25.7 Å². The van der Waals surface area contributed by atoms with Crippen molar-refractivity contribution >= 4 is 0 Å². The number of oxazole rings is 1. The summed E-state index contributed by atoms with van der Waals surface area (Å²) in [4.78, 5) is 4.29. The van der Waals surface area contributed by atoms with Gasteiger partial charge in [-0.2, -0.15) is 4.98 Å². The van der Waals surface area contributed by atoms with E-state index in [0.717, 1.165) is 12.2 Å². The normalized spacial score (nSPS) is 17.1. The van der Waals surface area contributed by atoms with E-state index >= 15 is 0 Å². The number of nitrogens with one attached hydrogen (secondary N) is 1. The molecule has 0 bridgehead atoms. The molecule has 1 unspecified atom stereocenters. The number of ether oxygens (including phenoxy) is 1. The van der Waals surface area contributed by atoms with Crippen LogP contribution in [0.4, 0.5) is 0 Å². The SMILES string of the molecule is CCCC(C)COc1nc(CNC2CC2)co1. The lowest BCUT2D eigenvalue weighted by Crippen LogP contribution is -2.15. The fourth-order valence-corrected chi connectivity index (χ4v) is 1.76. The summed E-state index contributed by atoms with van der Waals surface area (Å²) >= 11 is 0. The molecule has 1 aromatic rings. The topological polar surface area (TPSA) is 47.3 Å². The van der Waals surface area contributed by atoms with Crippen molar-refractivity contribution < 1.29 is 9.15 Å². The molecule has 96 valence electrons. The first kappa shape index (κ1) is 12.4. The maximum atomic E-state index is 5.52. The third-order valence-electron chi connectivity index (χ3n) is 2.95. The van der Waals surface area contributed by atoms with Crippen LogP contribution in [-0.4, -0.2) is 17.6 Å². The van der Waals surface area contributed by atoms with Crippen LogP contribution >= 0.6 is 0 Å². The summed E-state index contributed by atoms with van der Waals surface area (Å²) in [6, 6.07) is 0.695. The van der Waals surface area contributed by atoms with Gasteiger partial charge in [0.15, 0.2) is 0 Å². The molecule has 0 aromatic carbocycles. The van der Waals surface area contributed by atoms with Crippen molar-refractivity contribution in [3.63, 3.8) is 0 Å². The first-order valence-electron chi connectivity index (χ1n) is 6.58. The van der Waals surface area contributed by atoms with Gasteiger partial charge in [-0.25, -0.2) is 0 Å². The van der Waals surface area contributed by atoms with E-state index in [9.17, 15) is 0 Å². The molecule has 17 heavy (non-hydrogen) atoms. The number of nitrogens with zero attached hydrogens (tertiary/aromatic N) is 1. The standard InChI is InChI=1S/C13H22N2O2/c1-3-4-10(2)8-16-13-15-12(9-17-13)7-14-11-5-6-11/h9-11,14H,3-8H2,1-2H3. The molecule has 4 nitrogen and oxygen atoms in total. The van der Waals surface area contributed by atoms with E-state index in [0.29, 0.717) is 24.6 Å². The molecule has 1 aromatic heterocycles. The van der Waals surface area contributed by atoms with Crippen molar-refractivity contribution in [2.45, 2.75) is 52.1 Å². The predicted octanol–water partition coefficient (Wildman–Crippen LogP) is 2.74. The van der Waals surface area contributed by atoms with Crippen molar-refractivity contribution in [1.29, 1.82) is 0 Å². The van der Waals surface area contributed by atoms with Crippen LogP contribution in [0.2, 0.25) is 0 Å². The summed E-state index contributed by atoms with van der Waals surface area (Å²) in [6.45, 7) is 5.83. The minimum absolute atomic E-state index is 0.403. The van der Waals surface area contributed by atoms with Crippen LogP contribution < -0.4 is 10.1 Å². The molecule has 1 aliphatic carbocycles. The summed E-state index contributed by atoms with van der Waals surface area (Å²) < 4.78 is 10.8. The fourth-order valence-electron chi connectivity index (χ4n) is 1.76. The Balaban J connectivity index is 1.69. The van der Waals surface area contributed by atoms with Gasteiger partial charge >= 0.3 is 6.08 Å². The molecular weight excluding hydrogens is 216 g/mol.